The van der Waals surface area contributed by atoms with Gasteiger partial charge in [0.1, 0.15) is 35.0 Å². The van der Waals surface area contributed by atoms with E-state index in [1.165, 1.54) is 12.1 Å². The van der Waals surface area contributed by atoms with Gasteiger partial charge in [-0.2, -0.15) is 13.2 Å². The van der Waals surface area contributed by atoms with Crippen LogP contribution in [-0.4, -0.2) is 21.5 Å². The molecule has 0 atom stereocenters. The monoisotopic (exact) mass is 492 g/mol. The van der Waals surface area contributed by atoms with Crippen molar-refractivity contribution in [1.29, 1.82) is 0 Å². The van der Waals surface area contributed by atoms with Crippen molar-refractivity contribution in [1.82, 2.24) is 15.0 Å². The highest BCUT2D eigenvalue weighted by atomic mass is 19.4. The minimum Gasteiger partial charge on any atom is -0.454 e. The molecule has 4 aromatic rings. The molecule has 182 valence electrons. The average Bonchev–Trinajstić information content (AvgIpc) is 2.83. The molecule has 0 radical (unpaired) electrons. The van der Waals surface area contributed by atoms with Crippen LogP contribution in [0.15, 0.2) is 48.9 Å². The van der Waals surface area contributed by atoms with E-state index < -0.39 is 35.1 Å². The summed E-state index contributed by atoms with van der Waals surface area (Å²) in [6.07, 6.45) is -2.19. The second kappa shape index (κ2) is 9.77. The lowest BCUT2D eigenvalue weighted by molar-refractivity contribution is -0.143. The summed E-state index contributed by atoms with van der Waals surface area (Å²) < 4.78 is 87.1. The summed E-state index contributed by atoms with van der Waals surface area (Å²) >= 11 is 0. The van der Waals surface area contributed by atoms with Crippen LogP contribution in [0.2, 0.25) is 0 Å². The number of hydrogen-bond donors (Lipinski definition) is 1. The molecule has 0 amide bonds. The molecular formula is C24H18F6N4O. The lowest BCUT2D eigenvalue weighted by Gasteiger charge is -2.15. The zero-order chi connectivity index (χ0) is 25.2. The first kappa shape index (κ1) is 24.2. The standard InChI is InChI=1S/C24H18F6N4O/c1-2-14-11-32-22(24(28,29)30)19(27)21(14)35-15-5-3-13(4-6-15)9-10-31-23-18-16(25)7-8-17(26)20(18)33-12-34-23/h3-8,11-12H,2,9-10H2,1H3,(H,31,33,34). The van der Waals surface area contributed by atoms with Gasteiger partial charge in [0.2, 0.25) is 0 Å². The molecule has 0 spiro atoms. The Balaban J connectivity index is 1.46. The fourth-order valence-corrected chi connectivity index (χ4v) is 3.47. The average molecular weight is 492 g/mol. The van der Waals surface area contributed by atoms with E-state index in [4.69, 9.17) is 4.74 Å². The van der Waals surface area contributed by atoms with Crippen LogP contribution in [0.4, 0.5) is 32.2 Å². The van der Waals surface area contributed by atoms with E-state index in [9.17, 15) is 26.3 Å². The van der Waals surface area contributed by atoms with Gasteiger partial charge >= 0.3 is 6.18 Å². The lowest BCUT2D eigenvalue weighted by Crippen LogP contribution is -2.13. The zero-order valence-corrected chi connectivity index (χ0v) is 18.3. The molecule has 0 aliphatic carbocycles. The Labute approximate surface area is 195 Å². The first-order valence-electron chi connectivity index (χ1n) is 10.5. The third-order valence-corrected chi connectivity index (χ3v) is 5.24. The second-order valence-corrected chi connectivity index (χ2v) is 7.52. The molecule has 2 aromatic heterocycles. The Bertz CT molecular complexity index is 1360. The third-order valence-electron chi connectivity index (χ3n) is 5.24. The highest BCUT2D eigenvalue weighted by Gasteiger charge is 2.38. The number of rotatable bonds is 7. The van der Waals surface area contributed by atoms with E-state index in [0.717, 1.165) is 30.2 Å². The van der Waals surface area contributed by atoms with Gasteiger partial charge in [-0.15, -0.1) is 0 Å². The molecule has 0 saturated carbocycles. The van der Waals surface area contributed by atoms with Crippen LogP contribution < -0.4 is 10.1 Å². The molecule has 0 saturated heterocycles. The lowest BCUT2D eigenvalue weighted by atomic mass is 10.1. The summed E-state index contributed by atoms with van der Waals surface area (Å²) in [7, 11) is 0. The van der Waals surface area contributed by atoms with E-state index in [-0.39, 0.29) is 34.5 Å². The Kier molecular flexibility index (Phi) is 6.77. The van der Waals surface area contributed by atoms with Crippen molar-refractivity contribution in [3.63, 3.8) is 0 Å². The number of alkyl halides is 3. The number of ether oxygens (including phenoxy) is 1. The zero-order valence-electron chi connectivity index (χ0n) is 18.3. The number of aromatic nitrogens is 3. The van der Waals surface area contributed by atoms with Crippen molar-refractivity contribution in [3.8, 4) is 11.5 Å². The van der Waals surface area contributed by atoms with Crippen LogP contribution in [0, 0.1) is 17.5 Å². The topological polar surface area (TPSA) is 59.9 Å². The highest BCUT2D eigenvalue weighted by Crippen LogP contribution is 2.37. The van der Waals surface area contributed by atoms with Crippen molar-refractivity contribution in [2.45, 2.75) is 25.9 Å². The van der Waals surface area contributed by atoms with Gasteiger partial charge < -0.3 is 10.1 Å². The summed E-state index contributed by atoms with van der Waals surface area (Å²) in [6, 6.07) is 8.30. The quantitative estimate of drug-likeness (QED) is 0.300. The van der Waals surface area contributed by atoms with Crippen LogP contribution in [0.1, 0.15) is 23.7 Å². The number of halogens is 6. The minimum atomic E-state index is -4.95. The van der Waals surface area contributed by atoms with Crippen molar-refractivity contribution >= 4 is 16.7 Å². The number of nitrogens with one attached hydrogen (secondary N) is 1. The predicted molar refractivity (Wildman–Crippen MR) is 117 cm³/mol. The summed E-state index contributed by atoms with van der Waals surface area (Å²) in [5.74, 6) is -3.11. The predicted octanol–water partition coefficient (Wildman–Crippen LogP) is 6.47. The maximum atomic E-state index is 14.5. The summed E-state index contributed by atoms with van der Waals surface area (Å²) in [5, 5.41) is 2.89. The van der Waals surface area contributed by atoms with Crippen molar-refractivity contribution in [2.24, 2.45) is 0 Å². The molecule has 0 unspecified atom stereocenters. The molecule has 11 heteroatoms. The first-order chi connectivity index (χ1) is 16.7. The summed E-state index contributed by atoms with van der Waals surface area (Å²) in [5.41, 5.74) is -0.769. The van der Waals surface area contributed by atoms with Gasteiger partial charge in [-0.3, -0.25) is 0 Å². The van der Waals surface area contributed by atoms with Gasteiger partial charge in [0.15, 0.2) is 17.3 Å². The van der Waals surface area contributed by atoms with E-state index in [1.807, 2.05) is 0 Å². The Morgan fingerprint density at radius 1 is 0.914 bits per heavy atom. The molecule has 2 aromatic carbocycles. The Morgan fingerprint density at radius 3 is 2.31 bits per heavy atom. The van der Waals surface area contributed by atoms with Gasteiger partial charge in [0.05, 0.1) is 5.39 Å². The first-order valence-corrected chi connectivity index (χ1v) is 10.5. The number of anilines is 1. The number of pyridine rings is 1. The number of aryl methyl sites for hydroxylation is 1. The third kappa shape index (κ3) is 5.13. The van der Waals surface area contributed by atoms with Gasteiger partial charge in [-0.05, 0) is 42.7 Å². The van der Waals surface area contributed by atoms with Gasteiger partial charge in [0.25, 0.3) is 0 Å². The number of hydrogen-bond acceptors (Lipinski definition) is 5. The fourth-order valence-electron chi connectivity index (χ4n) is 3.47. The SMILES string of the molecule is CCc1cnc(C(F)(F)F)c(F)c1Oc1ccc(CCNc2ncnc3c(F)ccc(F)c23)cc1. The largest absolute Gasteiger partial charge is 0.454 e. The molecule has 0 aliphatic rings. The molecule has 5 nitrogen and oxygen atoms in total. The molecule has 35 heavy (non-hydrogen) atoms. The van der Waals surface area contributed by atoms with E-state index in [1.54, 1.807) is 19.1 Å². The normalized spacial score (nSPS) is 11.6. The molecule has 4 rings (SSSR count). The molecule has 0 bridgehead atoms. The van der Waals surface area contributed by atoms with Crippen LogP contribution in [0.5, 0.6) is 11.5 Å². The molecule has 1 N–H and O–H groups in total. The van der Waals surface area contributed by atoms with Gasteiger partial charge in [-0.1, -0.05) is 19.1 Å². The Morgan fingerprint density at radius 2 is 1.63 bits per heavy atom. The molecule has 2 heterocycles. The highest BCUT2D eigenvalue weighted by molar-refractivity contribution is 5.89. The number of nitrogens with zero attached hydrogens (tertiary/aromatic N) is 3. The van der Waals surface area contributed by atoms with E-state index in [0.29, 0.717) is 13.0 Å². The maximum Gasteiger partial charge on any atom is 0.436 e. The fraction of sp³-hybridized carbons (Fsp3) is 0.208. The van der Waals surface area contributed by atoms with Crippen LogP contribution in [0.25, 0.3) is 10.9 Å². The van der Waals surface area contributed by atoms with Crippen molar-refractivity contribution in [2.75, 3.05) is 11.9 Å². The maximum absolute atomic E-state index is 14.5. The van der Waals surface area contributed by atoms with Crippen LogP contribution in [-0.2, 0) is 19.0 Å². The van der Waals surface area contributed by atoms with Crippen molar-refractivity contribution < 1.29 is 31.1 Å². The molecule has 0 fully saturated rings. The molecule has 0 aliphatic heterocycles. The summed E-state index contributed by atoms with van der Waals surface area (Å²) in [4.78, 5) is 10.9. The van der Waals surface area contributed by atoms with Crippen LogP contribution >= 0.6 is 0 Å². The Hall–Kier alpha value is -3.89. The summed E-state index contributed by atoms with van der Waals surface area (Å²) in [6.45, 7) is 1.96. The second-order valence-electron chi connectivity index (χ2n) is 7.52. The van der Waals surface area contributed by atoms with E-state index >= 15 is 0 Å². The van der Waals surface area contributed by atoms with E-state index in [2.05, 4.69) is 20.3 Å². The van der Waals surface area contributed by atoms with Crippen LogP contribution in [0.3, 0.4) is 0 Å². The number of benzene rings is 2. The molecular weight excluding hydrogens is 474 g/mol. The number of fused-ring (bicyclic) bond motifs is 1. The smallest absolute Gasteiger partial charge is 0.436 e. The minimum absolute atomic E-state index is 0.0550. The van der Waals surface area contributed by atoms with Gasteiger partial charge in [0, 0.05) is 18.3 Å². The van der Waals surface area contributed by atoms with Crippen molar-refractivity contribution in [3.05, 3.63) is 83.2 Å². The van der Waals surface area contributed by atoms with Gasteiger partial charge in [-0.25, -0.2) is 28.1 Å².